The van der Waals surface area contributed by atoms with Crippen molar-refractivity contribution in [2.75, 3.05) is 20.2 Å². The number of ether oxygens (including phenoxy) is 2. The maximum absolute atomic E-state index is 12.2. The van der Waals surface area contributed by atoms with Gasteiger partial charge in [-0.1, -0.05) is 6.92 Å². The first kappa shape index (κ1) is 17.9. The molecule has 0 saturated carbocycles. The fourth-order valence-electron chi connectivity index (χ4n) is 2.63. The van der Waals surface area contributed by atoms with Crippen molar-refractivity contribution in [3.63, 3.8) is 0 Å². The number of H-pyrrole nitrogens is 1. The predicted molar refractivity (Wildman–Crippen MR) is 88.9 cm³/mol. The standard InChI is InChI=1S/C16H21N5O5/c1-3-4-17-16(23)14-10-5-9(25-8-11(10)19-20-14)7-18-15(22)12-6-13(24-2)21-26-12/h6,9H,3-5,7-8H2,1-2H3,(H,17,23)(H,18,22)(H,19,20). The summed E-state index contributed by atoms with van der Waals surface area (Å²) in [5.41, 5.74) is 1.99. The SMILES string of the molecule is CCCNC(=O)c1n[nH]c2c1CC(CNC(=O)c1cc(OC)no1)OC2. The van der Waals surface area contributed by atoms with E-state index in [4.69, 9.17) is 14.0 Å². The molecule has 0 spiro atoms. The van der Waals surface area contributed by atoms with Gasteiger partial charge in [0.15, 0.2) is 5.69 Å². The Balaban J connectivity index is 1.58. The van der Waals surface area contributed by atoms with Crippen LogP contribution in [-0.4, -0.2) is 53.5 Å². The van der Waals surface area contributed by atoms with Crippen LogP contribution in [0.2, 0.25) is 0 Å². The molecular formula is C16H21N5O5. The fraction of sp³-hybridized carbons (Fsp3) is 0.500. The molecule has 1 unspecified atom stereocenters. The van der Waals surface area contributed by atoms with E-state index in [2.05, 4.69) is 26.0 Å². The summed E-state index contributed by atoms with van der Waals surface area (Å²) in [6.07, 6.45) is 1.05. The van der Waals surface area contributed by atoms with E-state index in [-0.39, 0.29) is 30.2 Å². The second-order valence-electron chi connectivity index (χ2n) is 5.87. The lowest BCUT2D eigenvalue weighted by Gasteiger charge is -2.23. The van der Waals surface area contributed by atoms with Gasteiger partial charge in [0, 0.05) is 25.1 Å². The molecule has 2 aromatic heterocycles. The summed E-state index contributed by atoms with van der Waals surface area (Å²) in [6.45, 7) is 3.15. The Morgan fingerprint density at radius 3 is 2.96 bits per heavy atom. The van der Waals surface area contributed by atoms with Crippen LogP contribution in [-0.2, 0) is 17.8 Å². The van der Waals surface area contributed by atoms with Crippen molar-refractivity contribution in [2.24, 2.45) is 0 Å². The molecular weight excluding hydrogens is 342 g/mol. The van der Waals surface area contributed by atoms with E-state index in [1.54, 1.807) is 0 Å². The van der Waals surface area contributed by atoms with E-state index in [1.165, 1.54) is 13.2 Å². The Morgan fingerprint density at radius 1 is 1.38 bits per heavy atom. The number of carbonyl (C=O) groups is 2. The Labute approximate surface area is 149 Å². The van der Waals surface area contributed by atoms with Crippen molar-refractivity contribution >= 4 is 11.8 Å². The van der Waals surface area contributed by atoms with Gasteiger partial charge in [-0.05, 0) is 11.6 Å². The van der Waals surface area contributed by atoms with Crippen LogP contribution in [0, 0.1) is 0 Å². The average molecular weight is 363 g/mol. The number of hydrogen-bond acceptors (Lipinski definition) is 7. The molecule has 0 aliphatic carbocycles. The van der Waals surface area contributed by atoms with E-state index in [0.717, 1.165) is 17.7 Å². The second-order valence-corrected chi connectivity index (χ2v) is 5.87. The molecule has 2 aromatic rings. The van der Waals surface area contributed by atoms with Crippen LogP contribution in [0.1, 0.15) is 45.6 Å². The number of amides is 2. The van der Waals surface area contributed by atoms with Gasteiger partial charge in [0.2, 0.25) is 5.76 Å². The smallest absolute Gasteiger partial charge is 0.290 e. The van der Waals surface area contributed by atoms with Crippen molar-refractivity contribution in [1.29, 1.82) is 0 Å². The molecule has 0 fully saturated rings. The molecule has 26 heavy (non-hydrogen) atoms. The highest BCUT2D eigenvalue weighted by Crippen LogP contribution is 2.22. The van der Waals surface area contributed by atoms with Gasteiger partial charge in [-0.3, -0.25) is 14.7 Å². The summed E-state index contributed by atoms with van der Waals surface area (Å²) in [5.74, 6) is -0.331. The van der Waals surface area contributed by atoms with Crippen LogP contribution < -0.4 is 15.4 Å². The molecule has 0 radical (unpaired) electrons. The minimum absolute atomic E-state index is 0.0568. The number of hydrogen-bond donors (Lipinski definition) is 3. The number of aromatic amines is 1. The lowest BCUT2D eigenvalue weighted by Crippen LogP contribution is -2.37. The van der Waals surface area contributed by atoms with Gasteiger partial charge in [0.05, 0.1) is 31.6 Å². The van der Waals surface area contributed by atoms with E-state index >= 15 is 0 Å². The van der Waals surface area contributed by atoms with Gasteiger partial charge < -0.3 is 24.6 Å². The minimum Gasteiger partial charge on any atom is -0.479 e. The number of carbonyl (C=O) groups excluding carboxylic acids is 2. The van der Waals surface area contributed by atoms with Crippen molar-refractivity contribution in [3.8, 4) is 5.88 Å². The molecule has 10 heteroatoms. The Morgan fingerprint density at radius 2 is 2.23 bits per heavy atom. The Hall–Kier alpha value is -2.88. The first-order valence-corrected chi connectivity index (χ1v) is 8.37. The van der Waals surface area contributed by atoms with Gasteiger partial charge in [0.1, 0.15) is 0 Å². The number of fused-ring (bicyclic) bond motifs is 1. The monoisotopic (exact) mass is 363 g/mol. The molecule has 1 aliphatic rings. The summed E-state index contributed by atoms with van der Waals surface area (Å²) >= 11 is 0. The summed E-state index contributed by atoms with van der Waals surface area (Å²) in [7, 11) is 1.44. The van der Waals surface area contributed by atoms with E-state index in [1.807, 2.05) is 6.92 Å². The van der Waals surface area contributed by atoms with Crippen molar-refractivity contribution in [2.45, 2.75) is 32.5 Å². The first-order chi connectivity index (χ1) is 12.6. The molecule has 0 bridgehead atoms. The zero-order valence-corrected chi connectivity index (χ0v) is 14.6. The predicted octanol–water partition coefficient (Wildman–Crippen LogP) is 0.417. The molecule has 0 aromatic carbocycles. The number of nitrogens with one attached hydrogen (secondary N) is 3. The van der Waals surface area contributed by atoms with Gasteiger partial charge in [-0.25, -0.2) is 0 Å². The highest BCUT2D eigenvalue weighted by molar-refractivity contribution is 5.94. The van der Waals surface area contributed by atoms with E-state index in [0.29, 0.717) is 25.3 Å². The Kier molecular flexibility index (Phi) is 5.52. The number of aromatic nitrogens is 3. The number of methoxy groups -OCH3 is 1. The number of rotatable bonds is 7. The van der Waals surface area contributed by atoms with Crippen LogP contribution in [0.15, 0.2) is 10.6 Å². The third kappa shape index (κ3) is 3.85. The third-order valence-corrected chi connectivity index (χ3v) is 4.01. The molecule has 10 nitrogen and oxygen atoms in total. The minimum atomic E-state index is -0.414. The van der Waals surface area contributed by atoms with Crippen LogP contribution in [0.25, 0.3) is 0 Å². The lowest BCUT2D eigenvalue weighted by molar-refractivity contribution is 0.0263. The van der Waals surface area contributed by atoms with Crippen molar-refractivity contribution in [1.82, 2.24) is 26.0 Å². The molecule has 3 heterocycles. The second kappa shape index (κ2) is 8.00. The number of nitrogens with zero attached hydrogens (tertiary/aromatic N) is 2. The van der Waals surface area contributed by atoms with Gasteiger partial charge in [-0.15, -0.1) is 0 Å². The molecule has 1 atom stereocenters. The fourth-order valence-corrected chi connectivity index (χ4v) is 2.63. The van der Waals surface area contributed by atoms with Crippen LogP contribution >= 0.6 is 0 Å². The molecule has 3 N–H and O–H groups in total. The maximum atomic E-state index is 12.2. The van der Waals surface area contributed by atoms with Gasteiger partial charge in [0.25, 0.3) is 17.7 Å². The molecule has 140 valence electrons. The zero-order valence-electron chi connectivity index (χ0n) is 14.6. The summed E-state index contributed by atoms with van der Waals surface area (Å²) < 4.78 is 15.5. The molecule has 3 rings (SSSR count). The summed E-state index contributed by atoms with van der Waals surface area (Å²) in [5, 5.41) is 16.1. The van der Waals surface area contributed by atoms with Gasteiger partial charge in [-0.2, -0.15) is 5.10 Å². The summed E-state index contributed by atoms with van der Waals surface area (Å²) in [4.78, 5) is 24.3. The summed E-state index contributed by atoms with van der Waals surface area (Å²) in [6, 6.07) is 1.40. The van der Waals surface area contributed by atoms with Crippen molar-refractivity contribution in [3.05, 3.63) is 28.8 Å². The topological polar surface area (TPSA) is 131 Å². The van der Waals surface area contributed by atoms with E-state index in [9.17, 15) is 9.59 Å². The zero-order chi connectivity index (χ0) is 18.5. The molecule has 1 aliphatic heterocycles. The lowest BCUT2D eigenvalue weighted by atomic mass is 10.0. The van der Waals surface area contributed by atoms with Crippen molar-refractivity contribution < 1.29 is 23.6 Å². The Bertz CT molecular complexity index is 784. The van der Waals surface area contributed by atoms with Crippen LogP contribution in [0.3, 0.4) is 0 Å². The highest BCUT2D eigenvalue weighted by Gasteiger charge is 2.27. The molecule has 2 amide bonds. The van der Waals surface area contributed by atoms with E-state index < -0.39 is 5.91 Å². The van der Waals surface area contributed by atoms with Gasteiger partial charge >= 0.3 is 0 Å². The highest BCUT2D eigenvalue weighted by atomic mass is 16.5. The normalized spacial score (nSPS) is 16.0. The maximum Gasteiger partial charge on any atom is 0.290 e. The van der Waals surface area contributed by atoms with Crippen LogP contribution in [0.4, 0.5) is 0 Å². The molecule has 0 saturated heterocycles. The average Bonchev–Trinajstić information content (AvgIpc) is 3.30. The first-order valence-electron chi connectivity index (χ1n) is 8.37. The largest absolute Gasteiger partial charge is 0.479 e. The quantitative estimate of drug-likeness (QED) is 0.649. The van der Waals surface area contributed by atoms with Crippen LogP contribution in [0.5, 0.6) is 5.88 Å². The third-order valence-electron chi connectivity index (χ3n) is 4.01.